The smallest absolute Gasteiger partial charge is 0.315 e. The Morgan fingerprint density at radius 3 is 2.53 bits per heavy atom. The van der Waals surface area contributed by atoms with E-state index in [1.165, 1.54) is 12.3 Å². The van der Waals surface area contributed by atoms with Gasteiger partial charge in [-0.25, -0.2) is 9.37 Å². The quantitative estimate of drug-likeness (QED) is 0.613. The Morgan fingerprint density at radius 2 is 1.90 bits per heavy atom. The summed E-state index contributed by atoms with van der Waals surface area (Å²) in [7, 11) is 0. The van der Waals surface area contributed by atoms with Gasteiger partial charge in [0.15, 0.2) is 0 Å². The second-order valence-corrected chi connectivity index (χ2v) is 7.42. The van der Waals surface area contributed by atoms with Crippen LogP contribution in [0.25, 0.3) is 21.9 Å². The van der Waals surface area contributed by atoms with Crippen LogP contribution in [0.2, 0.25) is 0 Å². The molecule has 2 aromatic heterocycles. The van der Waals surface area contributed by atoms with Crippen molar-refractivity contribution in [3.63, 3.8) is 0 Å². The van der Waals surface area contributed by atoms with E-state index in [0.29, 0.717) is 16.9 Å². The minimum Gasteiger partial charge on any atom is -0.315 e. The van der Waals surface area contributed by atoms with Crippen molar-refractivity contribution in [1.82, 2.24) is 9.97 Å². The molecular formula is C21H18F4N4O. The van der Waals surface area contributed by atoms with Crippen LogP contribution in [0.15, 0.2) is 42.7 Å². The summed E-state index contributed by atoms with van der Waals surface area (Å²) in [6, 6.07) is 6.34. The number of carbonyl (C=O) groups is 1. The van der Waals surface area contributed by atoms with E-state index >= 15 is 0 Å². The zero-order valence-electron chi connectivity index (χ0n) is 15.9. The fraction of sp³-hybridized carbons (Fsp3) is 0.286. The lowest BCUT2D eigenvalue weighted by atomic mass is 9.99. The Kier molecular flexibility index (Phi) is 4.93. The molecule has 0 spiro atoms. The van der Waals surface area contributed by atoms with E-state index in [1.54, 1.807) is 25.3 Å². The lowest BCUT2D eigenvalue weighted by molar-refractivity contribution is -0.150. The van der Waals surface area contributed by atoms with Gasteiger partial charge in [-0.1, -0.05) is 12.1 Å². The lowest BCUT2D eigenvalue weighted by Gasteiger charge is -2.16. The fourth-order valence-electron chi connectivity index (χ4n) is 3.25. The van der Waals surface area contributed by atoms with Crippen LogP contribution < -0.4 is 11.1 Å². The van der Waals surface area contributed by atoms with Crippen molar-refractivity contribution in [2.75, 3.05) is 5.32 Å². The lowest BCUT2D eigenvalue weighted by Crippen LogP contribution is -2.29. The molecule has 0 radical (unpaired) electrons. The number of benzene rings is 1. The SMILES string of the molecule is Cc1cc([C@@H](N)C(F)(F)F)ncc1-c1ccc2cc(NC(=O)C3CC3F)ncc2c1. The first-order chi connectivity index (χ1) is 14.1. The van der Waals surface area contributed by atoms with Crippen LogP contribution in [-0.4, -0.2) is 28.2 Å². The highest BCUT2D eigenvalue weighted by Gasteiger charge is 2.43. The molecule has 9 heteroatoms. The number of aryl methyl sites for hydroxylation is 1. The first-order valence-electron chi connectivity index (χ1n) is 9.27. The van der Waals surface area contributed by atoms with Gasteiger partial charge in [0.2, 0.25) is 5.91 Å². The summed E-state index contributed by atoms with van der Waals surface area (Å²) < 4.78 is 51.5. The predicted octanol–water partition coefficient (Wildman–Crippen LogP) is 4.46. The Morgan fingerprint density at radius 1 is 1.17 bits per heavy atom. The van der Waals surface area contributed by atoms with Gasteiger partial charge in [0.1, 0.15) is 18.0 Å². The largest absolute Gasteiger partial charge is 0.409 e. The first-order valence-corrected chi connectivity index (χ1v) is 9.27. The van der Waals surface area contributed by atoms with Crippen LogP contribution in [0.4, 0.5) is 23.4 Å². The van der Waals surface area contributed by atoms with Gasteiger partial charge in [-0.15, -0.1) is 0 Å². The zero-order valence-corrected chi connectivity index (χ0v) is 15.9. The number of pyridine rings is 2. The standard InChI is InChI=1S/C21H18F4N4O/c1-10-4-17(19(26)21(23,24)25)27-9-15(10)12-3-2-11-6-18(28-8-13(11)5-12)29-20(30)14-7-16(14)22/h2-6,8-9,14,16,19H,7,26H2,1H3,(H,28,29,30)/t14?,16?,19-/m1/s1. The number of alkyl halides is 4. The van der Waals surface area contributed by atoms with Crippen molar-refractivity contribution < 1.29 is 22.4 Å². The maximum atomic E-state index is 13.0. The molecule has 2 heterocycles. The molecule has 2 unspecified atom stereocenters. The number of nitrogens with one attached hydrogen (secondary N) is 1. The predicted molar refractivity (Wildman–Crippen MR) is 104 cm³/mol. The topological polar surface area (TPSA) is 80.9 Å². The maximum absolute atomic E-state index is 13.0. The Bertz CT molecular complexity index is 1130. The molecule has 1 amide bonds. The third-order valence-corrected chi connectivity index (χ3v) is 5.14. The van der Waals surface area contributed by atoms with Gasteiger partial charge < -0.3 is 11.1 Å². The van der Waals surface area contributed by atoms with Crippen molar-refractivity contribution in [2.24, 2.45) is 11.7 Å². The zero-order chi connectivity index (χ0) is 21.6. The van der Waals surface area contributed by atoms with Crippen LogP contribution in [0.3, 0.4) is 0 Å². The second kappa shape index (κ2) is 7.32. The number of hydrogen-bond donors (Lipinski definition) is 2. The highest BCUT2D eigenvalue weighted by molar-refractivity contribution is 5.96. The molecule has 156 valence electrons. The molecule has 0 bridgehead atoms. The molecule has 3 atom stereocenters. The molecule has 1 fully saturated rings. The number of nitrogens with zero attached hydrogens (tertiary/aromatic N) is 2. The molecule has 1 aromatic carbocycles. The van der Waals surface area contributed by atoms with Crippen molar-refractivity contribution in [3.8, 4) is 11.1 Å². The third-order valence-electron chi connectivity index (χ3n) is 5.14. The molecule has 3 N–H and O–H groups in total. The summed E-state index contributed by atoms with van der Waals surface area (Å²) in [5.41, 5.74) is 7.05. The average Bonchev–Trinajstić information content (AvgIpc) is 3.43. The van der Waals surface area contributed by atoms with E-state index in [1.807, 2.05) is 12.1 Å². The van der Waals surface area contributed by atoms with Gasteiger partial charge in [0, 0.05) is 23.3 Å². The van der Waals surface area contributed by atoms with E-state index < -0.39 is 24.3 Å². The Labute approximate surface area is 169 Å². The molecule has 5 nitrogen and oxygen atoms in total. The molecule has 0 aliphatic heterocycles. The number of hydrogen-bond acceptors (Lipinski definition) is 4. The second-order valence-electron chi connectivity index (χ2n) is 7.42. The highest BCUT2D eigenvalue weighted by atomic mass is 19.4. The molecular weight excluding hydrogens is 400 g/mol. The van der Waals surface area contributed by atoms with Crippen LogP contribution in [0.5, 0.6) is 0 Å². The summed E-state index contributed by atoms with van der Waals surface area (Å²) in [5.74, 6) is -0.652. The van der Waals surface area contributed by atoms with E-state index in [-0.39, 0.29) is 18.0 Å². The van der Waals surface area contributed by atoms with Gasteiger partial charge >= 0.3 is 6.18 Å². The average molecular weight is 418 g/mol. The van der Waals surface area contributed by atoms with Crippen molar-refractivity contribution in [3.05, 3.63) is 54.0 Å². The number of carbonyl (C=O) groups excluding carboxylic acids is 1. The minimum absolute atomic E-state index is 0.238. The first kappa shape index (κ1) is 20.2. The van der Waals surface area contributed by atoms with Crippen LogP contribution >= 0.6 is 0 Å². The molecule has 30 heavy (non-hydrogen) atoms. The number of halogens is 4. The number of rotatable bonds is 4. The molecule has 1 saturated carbocycles. The number of fused-ring (bicyclic) bond motifs is 1. The fourth-order valence-corrected chi connectivity index (χ4v) is 3.25. The Balaban J connectivity index is 1.59. The molecule has 4 rings (SSSR count). The molecule has 0 saturated heterocycles. The number of nitrogens with two attached hydrogens (primary N) is 1. The van der Waals surface area contributed by atoms with Gasteiger partial charge in [0.25, 0.3) is 0 Å². The van der Waals surface area contributed by atoms with E-state index in [4.69, 9.17) is 5.73 Å². The number of anilines is 1. The summed E-state index contributed by atoms with van der Waals surface area (Å²) in [6.45, 7) is 1.70. The van der Waals surface area contributed by atoms with E-state index in [0.717, 1.165) is 16.3 Å². The van der Waals surface area contributed by atoms with Gasteiger partial charge in [-0.2, -0.15) is 13.2 Å². The monoisotopic (exact) mass is 418 g/mol. The minimum atomic E-state index is -4.56. The highest BCUT2D eigenvalue weighted by Crippen LogP contribution is 2.35. The normalized spacial score (nSPS) is 19.5. The summed E-state index contributed by atoms with van der Waals surface area (Å²) >= 11 is 0. The summed E-state index contributed by atoms with van der Waals surface area (Å²) in [5, 5.41) is 4.18. The van der Waals surface area contributed by atoms with Gasteiger partial charge in [0.05, 0.1) is 11.6 Å². The molecule has 3 aromatic rings. The number of aromatic nitrogens is 2. The van der Waals surface area contributed by atoms with Gasteiger partial charge in [-0.05, 0) is 48.1 Å². The van der Waals surface area contributed by atoms with Crippen LogP contribution in [0, 0.1) is 12.8 Å². The molecule has 1 aliphatic carbocycles. The third kappa shape index (κ3) is 3.97. The maximum Gasteiger partial charge on any atom is 0.409 e. The number of amides is 1. The van der Waals surface area contributed by atoms with Crippen LogP contribution in [-0.2, 0) is 4.79 Å². The van der Waals surface area contributed by atoms with Crippen molar-refractivity contribution in [1.29, 1.82) is 0 Å². The van der Waals surface area contributed by atoms with Gasteiger partial charge in [-0.3, -0.25) is 9.78 Å². The van der Waals surface area contributed by atoms with Crippen LogP contribution in [0.1, 0.15) is 23.7 Å². The Hall–Kier alpha value is -3.07. The summed E-state index contributed by atoms with van der Waals surface area (Å²) in [4.78, 5) is 19.9. The van der Waals surface area contributed by atoms with Crippen molar-refractivity contribution in [2.45, 2.75) is 31.7 Å². The van der Waals surface area contributed by atoms with E-state index in [9.17, 15) is 22.4 Å². The summed E-state index contributed by atoms with van der Waals surface area (Å²) in [6.07, 6.45) is -2.45. The van der Waals surface area contributed by atoms with Crippen molar-refractivity contribution >= 4 is 22.5 Å². The molecule has 1 aliphatic rings. The van der Waals surface area contributed by atoms with E-state index in [2.05, 4.69) is 15.3 Å².